The van der Waals surface area contributed by atoms with Gasteiger partial charge in [0, 0.05) is 0 Å². The van der Waals surface area contributed by atoms with E-state index < -0.39 is 0 Å². The van der Waals surface area contributed by atoms with Crippen LogP contribution in [0.3, 0.4) is 0 Å². The van der Waals surface area contributed by atoms with E-state index in [9.17, 15) is 4.79 Å². The number of likely N-dealkylation sites (tertiary alicyclic amines) is 1. The number of ketones is 1. The van der Waals surface area contributed by atoms with Crippen LogP contribution in [0.4, 0.5) is 0 Å². The van der Waals surface area contributed by atoms with E-state index in [-0.39, 0.29) is 11.8 Å². The second kappa shape index (κ2) is 4.86. The molecular weight excluding hydrogens is 140 g/mol. The van der Waals surface area contributed by atoms with E-state index in [1.165, 1.54) is 0 Å². The molecule has 1 rings (SSSR count). The second-order valence-corrected chi connectivity index (χ2v) is 2.25. The summed E-state index contributed by atoms with van der Waals surface area (Å²) in [5.41, 5.74) is 0. The Bertz CT molecular complexity index is 163. The summed E-state index contributed by atoms with van der Waals surface area (Å²) in [6.07, 6.45) is 0. The third-order valence-electron chi connectivity index (χ3n) is 1.49. The lowest BCUT2D eigenvalue weighted by Crippen LogP contribution is -2.51. The topological polar surface area (TPSA) is 44.1 Å². The fraction of sp³-hybridized carbons (Fsp3) is 0.750. The van der Waals surface area contributed by atoms with Gasteiger partial charge in [0.2, 0.25) is 0 Å². The van der Waals surface area contributed by atoms with Gasteiger partial charge in [-0.1, -0.05) is 13.8 Å². The number of nitriles is 1. The van der Waals surface area contributed by atoms with Gasteiger partial charge in [0.15, 0.2) is 5.78 Å². The Balaban J connectivity index is 0.000000461. The molecule has 62 valence electrons. The highest BCUT2D eigenvalue weighted by Gasteiger charge is 2.27. The first-order valence-electron chi connectivity index (χ1n) is 3.89. The van der Waals surface area contributed by atoms with E-state index >= 15 is 0 Å². The molecule has 0 aromatic rings. The standard InChI is InChI=1S/C6H8N2O.C2H6/c1-5(2-7)8-3-6(9)4-8;1-2/h5H,3-4H2,1H3;1-2H3. The molecule has 0 bridgehead atoms. The van der Waals surface area contributed by atoms with Gasteiger partial charge in [-0.15, -0.1) is 0 Å². The third-order valence-corrected chi connectivity index (χ3v) is 1.49. The Labute approximate surface area is 67.6 Å². The SMILES string of the molecule is CC.CC(C#N)N1CC(=O)C1. The van der Waals surface area contributed by atoms with Gasteiger partial charge in [-0.2, -0.15) is 5.26 Å². The van der Waals surface area contributed by atoms with Crippen LogP contribution in [-0.2, 0) is 4.79 Å². The Morgan fingerprint density at radius 1 is 1.55 bits per heavy atom. The van der Waals surface area contributed by atoms with Gasteiger partial charge in [-0.05, 0) is 6.92 Å². The van der Waals surface area contributed by atoms with Crippen molar-refractivity contribution in [2.45, 2.75) is 26.8 Å². The highest BCUT2D eigenvalue weighted by molar-refractivity contribution is 5.87. The predicted octanol–water partition coefficient (Wildman–Crippen LogP) is 0.809. The Kier molecular flexibility index (Phi) is 4.47. The van der Waals surface area contributed by atoms with Crippen LogP contribution in [-0.4, -0.2) is 29.8 Å². The minimum Gasteiger partial charge on any atom is -0.297 e. The van der Waals surface area contributed by atoms with Gasteiger partial charge >= 0.3 is 0 Å². The first-order valence-corrected chi connectivity index (χ1v) is 3.89. The zero-order valence-corrected chi connectivity index (χ0v) is 7.29. The van der Waals surface area contributed by atoms with Gasteiger partial charge in [0.25, 0.3) is 0 Å². The summed E-state index contributed by atoms with van der Waals surface area (Å²) in [7, 11) is 0. The van der Waals surface area contributed by atoms with Crippen LogP contribution in [0.2, 0.25) is 0 Å². The summed E-state index contributed by atoms with van der Waals surface area (Å²) in [6, 6.07) is 1.97. The molecule has 1 saturated heterocycles. The van der Waals surface area contributed by atoms with E-state index in [1.54, 1.807) is 6.92 Å². The maximum absolute atomic E-state index is 10.4. The number of rotatable bonds is 1. The number of hydrogen-bond donors (Lipinski definition) is 0. The normalized spacial score (nSPS) is 18.9. The first-order chi connectivity index (χ1) is 5.24. The van der Waals surface area contributed by atoms with Crippen LogP contribution in [0.25, 0.3) is 0 Å². The molecule has 1 fully saturated rings. The van der Waals surface area contributed by atoms with Crippen LogP contribution >= 0.6 is 0 Å². The van der Waals surface area contributed by atoms with Crippen LogP contribution in [0.5, 0.6) is 0 Å². The van der Waals surface area contributed by atoms with Crippen LogP contribution in [0.1, 0.15) is 20.8 Å². The van der Waals surface area contributed by atoms with Gasteiger partial charge in [-0.25, -0.2) is 0 Å². The van der Waals surface area contributed by atoms with Crippen molar-refractivity contribution in [1.29, 1.82) is 5.26 Å². The van der Waals surface area contributed by atoms with E-state index in [0.717, 1.165) is 0 Å². The summed E-state index contributed by atoms with van der Waals surface area (Å²) in [5.74, 6) is 0.233. The third kappa shape index (κ3) is 2.69. The molecule has 0 aromatic heterocycles. The van der Waals surface area contributed by atoms with Crippen LogP contribution in [0.15, 0.2) is 0 Å². The van der Waals surface area contributed by atoms with Crippen molar-refractivity contribution in [2.75, 3.05) is 13.1 Å². The molecule has 0 spiro atoms. The van der Waals surface area contributed by atoms with Gasteiger partial charge in [0.05, 0.1) is 25.2 Å². The quantitative estimate of drug-likeness (QED) is 0.561. The highest BCUT2D eigenvalue weighted by atomic mass is 16.1. The van der Waals surface area contributed by atoms with E-state index in [4.69, 9.17) is 5.26 Å². The van der Waals surface area contributed by atoms with E-state index in [0.29, 0.717) is 13.1 Å². The summed E-state index contributed by atoms with van der Waals surface area (Å²) < 4.78 is 0. The van der Waals surface area contributed by atoms with Crippen molar-refractivity contribution in [3.05, 3.63) is 0 Å². The minimum absolute atomic E-state index is 0.0947. The van der Waals surface area contributed by atoms with Crippen molar-refractivity contribution in [2.24, 2.45) is 0 Å². The van der Waals surface area contributed by atoms with Crippen molar-refractivity contribution in [1.82, 2.24) is 4.90 Å². The summed E-state index contributed by atoms with van der Waals surface area (Å²) >= 11 is 0. The van der Waals surface area contributed by atoms with Gasteiger partial charge in [0.1, 0.15) is 0 Å². The summed E-state index contributed by atoms with van der Waals surface area (Å²) in [6.45, 7) is 6.73. The Hall–Kier alpha value is -0.880. The van der Waals surface area contributed by atoms with E-state index in [1.807, 2.05) is 18.7 Å². The molecule has 0 radical (unpaired) electrons. The molecule has 1 aliphatic heterocycles. The summed E-state index contributed by atoms with van der Waals surface area (Å²) in [4.78, 5) is 12.2. The molecule has 11 heavy (non-hydrogen) atoms. The van der Waals surface area contributed by atoms with Crippen LogP contribution < -0.4 is 0 Å². The lowest BCUT2D eigenvalue weighted by molar-refractivity contribution is -0.129. The second-order valence-electron chi connectivity index (χ2n) is 2.25. The maximum atomic E-state index is 10.4. The van der Waals surface area contributed by atoms with Crippen molar-refractivity contribution in [3.63, 3.8) is 0 Å². The largest absolute Gasteiger partial charge is 0.297 e. The van der Waals surface area contributed by atoms with Gasteiger partial charge < -0.3 is 0 Å². The lowest BCUT2D eigenvalue weighted by Gasteiger charge is -2.30. The molecule has 1 heterocycles. The smallest absolute Gasteiger partial charge is 0.160 e. The lowest BCUT2D eigenvalue weighted by atomic mass is 10.1. The molecule has 1 atom stereocenters. The molecule has 1 aliphatic rings. The Morgan fingerprint density at radius 3 is 2.27 bits per heavy atom. The zero-order valence-electron chi connectivity index (χ0n) is 7.29. The number of Topliss-reactive ketones (excluding diaryl/α,β-unsaturated/α-hetero) is 1. The fourth-order valence-corrected chi connectivity index (χ4v) is 0.762. The molecule has 3 nitrogen and oxygen atoms in total. The van der Waals surface area contributed by atoms with Crippen molar-refractivity contribution in [3.8, 4) is 6.07 Å². The average Bonchev–Trinajstić information content (AvgIpc) is 2.01. The van der Waals surface area contributed by atoms with Crippen molar-refractivity contribution >= 4 is 5.78 Å². The molecule has 3 heteroatoms. The molecule has 1 unspecified atom stereocenters. The molecule has 0 saturated carbocycles. The monoisotopic (exact) mass is 154 g/mol. The zero-order chi connectivity index (χ0) is 8.85. The number of carbonyl (C=O) groups excluding carboxylic acids is 1. The average molecular weight is 154 g/mol. The first kappa shape index (κ1) is 10.1. The molecular formula is C8H14N2O. The predicted molar refractivity (Wildman–Crippen MR) is 43.0 cm³/mol. The highest BCUT2D eigenvalue weighted by Crippen LogP contribution is 2.05. The molecule has 0 N–H and O–H groups in total. The van der Waals surface area contributed by atoms with Crippen LogP contribution in [0, 0.1) is 11.3 Å². The number of carbonyl (C=O) groups is 1. The number of nitrogens with zero attached hydrogens (tertiary/aromatic N) is 2. The minimum atomic E-state index is -0.0947. The maximum Gasteiger partial charge on any atom is 0.160 e. The van der Waals surface area contributed by atoms with Crippen molar-refractivity contribution < 1.29 is 4.79 Å². The molecule has 0 aromatic carbocycles. The van der Waals surface area contributed by atoms with Gasteiger partial charge in [-0.3, -0.25) is 9.69 Å². The Morgan fingerprint density at radius 2 is 2.00 bits per heavy atom. The number of hydrogen-bond acceptors (Lipinski definition) is 3. The molecule has 0 aliphatic carbocycles. The fourth-order valence-electron chi connectivity index (χ4n) is 0.762. The van der Waals surface area contributed by atoms with E-state index in [2.05, 4.69) is 6.07 Å². The molecule has 0 amide bonds. The summed E-state index contributed by atoms with van der Waals surface area (Å²) in [5, 5.41) is 8.35.